The quantitative estimate of drug-likeness (QED) is 0.648. The van der Waals surface area contributed by atoms with Crippen LogP contribution >= 0.6 is 0 Å². The molecule has 0 bridgehead atoms. The number of piperidine rings is 1. The lowest BCUT2D eigenvalue weighted by Gasteiger charge is -2.42. The molecule has 1 aliphatic rings. The van der Waals surface area contributed by atoms with Crippen molar-refractivity contribution in [3.8, 4) is 6.07 Å². The fraction of sp³-hybridized carbons (Fsp3) is 0.400. The average Bonchev–Trinajstić information content (AvgIpc) is 3.21. The highest BCUT2D eigenvalue weighted by Crippen LogP contribution is 2.30. The van der Waals surface area contributed by atoms with Gasteiger partial charge < -0.3 is 20.2 Å². The zero-order valence-corrected chi connectivity index (χ0v) is 17.1. The lowest BCUT2D eigenvalue weighted by atomic mass is 9.90. The Labute approximate surface area is 178 Å². The first-order valence-electron chi connectivity index (χ1n) is 9.69. The highest BCUT2D eigenvalue weighted by molar-refractivity contribution is 5.95. The van der Waals surface area contributed by atoms with Crippen LogP contribution in [0.5, 0.6) is 0 Å². The van der Waals surface area contributed by atoms with E-state index in [4.69, 9.17) is 10.4 Å². The minimum absolute atomic E-state index is 0.0992. The molecule has 1 aliphatic heterocycles. The average molecular weight is 425 g/mol. The highest BCUT2D eigenvalue weighted by Gasteiger charge is 2.33. The van der Waals surface area contributed by atoms with Crippen molar-refractivity contribution >= 4 is 34.8 Å². The fourth-order valence-corrected chi connectivity index (χ4v) is 3.82. The first-order valence-corrected chi connectivity index (χ1v) is 9.69. The molecule has 3 rings (SSSR count). The van der Waals surface area contributed by atoms with E-state index in [9.17, 15) is 14.4 Å². The van der Waals surface area contributed by atoms with Gasteiger partial charge in [0.05, 0.1) is 17.5 Å². The van der Waals surface area contributed by atoms with Crippen molar-refractivity contribution in [2.24, 2.45) is 5.92 Å². The number of carboxylic acid groups (broad SMARTS) is 1. The number of carbonyl (C=O) groups is 3. The lowest BCUT2D eigenvalue weighted by molar-refractivity contribution is -0.135. The minimum Gasteiger partial charge on any atom is -0.480 e. The van der Waals surface area contributed by atoms with Crippen LogP contribution in [-0.2, 0) is 9.59 Å². The van der Waals surface area contributed by atoms with E-state index in [0.29, 0.717) is 36.4 Å². The third kappa shape index (κ3) is 4.48. The number of nitrogens with zero attached hydrogens (tertiary/aromatic N) is 6. The molecule has 2 aromatic heterocycles. The monoisotopic (exact) mass is 425 g/mol. The Morgan fingerprint density at radius 3 is 2.90 bits per heavy atom. The summed E-state index contributed by atoms with van der Waals surface area (Å²) in [4.78, 5) is 47.5. The second-order valence-electron chi connectivity index (χ2n) is 7.21. The van der Waals surface area contributed by atoms with Gasteiger partial charge >= 0.3 is 12.0 Å². The van der Waals surface area contributed by atoms with E-state index >= 15 is 0 Å². The molecule has 1 saturated heterocycles. The number of likely N-dealkylation sites (N-methyl/N-ethyl adjacent to an activating group) is 1. The van der Waals surface area contributed by atoms with Crippen LogP contribution in [0.1, 0.15) is 12.8 Å². The van der Waals surface area contributed by atoms with E-state index < -0.39 is 18.5 Å². The predicted molar refractivity (Wildman–Crippen MR) is 111 cm³/mol. The summed E-state index contributed by atoms with van der Waals surface area (Å²) in [5.41, 5.74) is 0.336. The van der Waals surface area contributed by atoms with Crippen LogP contribution in [0.15, 0.2) is 31.2 Å². The number of nitriles is 1. The largest absolute Gasteiger partial charge is 0.480 e. The molecular weight excluding hydrogens is 402 g/mol. The number of amides is 2. The predicted octanol–water partition coefficient (Wildman–Crippen LogP) is 0.827. The zero-order valence-electron chi connectivity index (χ0n) is 17.1. The van der Waals surface area contributed by atoms with Crippen molar-refractivity contribution in [1.82, 2.24) is 24.8 Å². The summed E-state index contributed by atoms with van der Waals surface area (Å²) in [6.45, 7) is 4.39. The van der Waals surface area contributed by atoms with Crippen molar-refractivity contribution in [2.75, 3.05) is 31.6 Å². The highest BCUT2D eigenvalue weighted by atomic mass is 16.4. The summed E-state index contributed by atoms with van der Waals surface area (Å²) in [5, 5.41) is 20.5. The van der Waals surface area contributed by atoms with Crippen molar-refractivity contribution < 1.29 is 19.5 Å². The van der Waals surface area contributed by atoms with Gasteiger partial charge in [0.15, 0.2) is 5.65 Å². The van der Waals surface area contributed by atoms with Crippen molar-refractivity contribution in [3.05, 3.63) is 31.2 Å². The molecule has 2 N–H and O–H groups in total. The second kappa shape index (κ2) is 9.25. The number of hydrogen-bond acceptors (Lipinski definition) is 7. The maximum Gasteiger partial charge on any atom is 0.327 e. The summed E-state index contributed by atoms with van der Waals surface area (Å²) in [6.07, 6.45) is 5.24. The SMILES string of the molecule is C=C[C@@H]1CCN(C(=O)CC#N)C[C@@H]1N(C)c1ncnc2c1ccn2C(=O)NCC(=O)O. The Morgan fingerprint density at radius 2 is 2.23 bits per heavy atom. The third-order valence-electron chi connectivity index (χ3n) is 5.42. The van der Waals surface area contributed by atoms with Gasteiger partial charge in [0, 0.05) is 32.3 Å². The topological polar surface area (TPSA) is 144 Å². The lowest BCUT2D eigenvalue weighted by Crippen LogP contribution is -2.53. The molecule has 0 aromatic carbocycles. The van der Waals surface area contributed by atoms with Crippen LogP contribution < -0.4 is 10.2 Å². The smallest absolute Gasteiger partial charge is 0.327 e. The van der Waals surface area contributed by atoms with Crippen LogP contribution in [0.4, 0.5) is 10.6 Å². The number of carbonyl (C=O) groups excluding carboxylic acids is 2. The van der Waals surface area contributed by atoms with E-state index in [1.807, 2.05) is 24.1 Å². The number of rotatable bonds is 6. The number of hydrogen-bond donors (Lipinski definition) is 2. The van der Waals surface area contributed by atoms with Gasteiger partial charge in [0.2, 0.25) is 5.91 Å². The van der Waals surface area contributed by atoms with Crippen LogP contribution in [-0.4, -0.2) is 75.2 Å². The molecule has 11 heteroatoms. The number of aliphatic carboxylic acids is 1. The van der Waals surface area contributed by atoms with Gasteiger partial charge in [-0.1, -0.05) is 6.08 Å². The molecule has 0 spiro atoms. The Hall–Kier alpha value is -3.94. The normalized spacial score (nSPS) is 18.3. The Morgan fingerprint density at radius 1 is 1.45 bits per heavy atom. The molecule has 2 atom stereocenters. The van der Waals surface area contributed by atoms with E-state index in [2.05, 4.69) is 21.9 Å². The maximum atomic E-state index is 12.3. The first-order chi connectivity index (χ1) is 14.9. The van der Waals surface area contributed by atoms with E-state index in [0.717, 1.165) is 0 Å². The molecule has 2 amide bonds. The number of aromatic nitrogens is 3. The number of carboxylic acids is 1. The summed E-state index contributed by atoms with van der Waals surface area (Å²) in [7, 11) is 1.85. The van der Waals surface area contributed by atoms with Crippen LogP contribution in [0, 0.1) is 17.2 Å². The van der Waals surface area contributed by atoms with Crippen molar-refractivity contribution in [3.63, 3.8) is 0 Å². The summed E-state index contributed by atoms with van der Waals surface area (Å²) in [6, 6.07) is 2.84. The van der Waals surface area contributed by atoms with Gasteiger partial charge in [-0.05, 0) is 12.5 Å². The molecule has 1 fully saturated rings. The van der Waals surface area contributed by atoms with Gasteiger partial charge in [-0.15, -0.1) is 6.58 Å². The second-order valence-corrected chi connectivity index (χ2v) is 7.21. The maximum absolute atomic E-state index is 12.3. The van der Waals surface area contributed by atoms with Crippen LogP contribution in [0.25, 0.3) is 11.0 Å². The van der Waals surface area contributed by atoms with Crippen LogP contribution in [0.3, 0.4) is 0 Å². The molecule has 0 aliphatic carbocycles. The van der Waals surface area contributed by atoms with E-state index in [-0.39, 0.29) is 24.3 Å². The molecule has 0 unspecified atom stereocenters. The molecule has 11 nitrogen and oxygen atoms in total. The fourth-order valence-electron chi connectivity index (χ4n) is 3.82. The number of nitrogens with one attached hydrogen (secondary N) is 1. The standard InChI is InChI=1S/C20H23N7O4/c1-3-13-5-8-26(16(28)4-7-21)11-15(13)25(2)18-14-6-9-27(19(14)24-12-23-18)20(31)22-10-17(29)30/h3,6,9,12-13,15H,1,4-5,8,10-11H2,2H3,(H,22,31)(H,29,30)/t13-,15+/m1/s1. The van der Waals surface area contributed by atoms with Gasteiger partial charge in [-0.25, -0.2) is 14.8 Å². The van der Waals surface area contributed by atoms with Crippen LogP contribution in [0.2, 0.25) is 0 Å². The summed E-state index contributed by atoms with van der Waals surface area (Å²) >= 11 is 0. The zero-order chi connectivity index (χ0) is 22.5. The van der Waals surface area contributed by atoms with E-state index in [1.54, 1.807) is 11.0 Å². The van der Waals surface area contributed by atoms with Crippen molar-refractivity contribution in [1.29, 1.82) is 5.26 Å². The van der Waals surface area contributed by atoms with Crippen molar-refractivity contribution in [2.45, 2.75) is 18.9 Å². The Bertz CT molecular complexity index is 1060. The summed E-state index contributed by atoms with van der Waals surface area (Å²) < 4.78 is 1.23. The number of likely N-dealkylation sites (tertiary alicyclic amines) is 1. The number of fused-ring (bicyclic) bond motifs is 1. The Balaban J connectivity index is 1.90. The first kappa shape index (κ1) is 21.8. The van der Waals surface area contributed by atoms with Gasteiger partial charge in [0.25, 0.3) is 0 Å². The molecular formula is C20H23N7O4. The number of anilines is 1. The van der Waals surface area contributed by atoms with Gasteiger partial charge in [-0.2, -0.15) is 5.26 Å². The minimum atomic E-state index is -1.15. The summed E-state index contributed by atoms with van der Waals surface area (Å²) in [5.74, 6) is -0.691. The molecule has 31 heavy (non-hydrogen) atoms. The molecule has 2 aromatic rings. The van der Waals surface area contributed by atoms with Gasteiger partial charge in [0.1, 0.15) is 25.1 Å². The molecule has 0 radical (unpaired) electrons. The molecule has 0 saturated carbocycles. The van der Waals surface area contributed by atoms with Gasteiger partial charge in [-0.3, -0.25) is 14.2 Å². The molecule has 3 heterocycles. The third-order valence-corrected chi connectivity index (χ3v) is 5.42. The Kier molecular flexibility index (Phi) is 6.49. The van der Waals surface area contributed by atoms with E-state index in [1.165, 1.54) is 17.1 Å². The molecule has 162 valence electrons.